The zero-order valence-electron chi connectivity index (χ0n) is 14.5. The van der Waals surface area contributed by atoms with Crippen LogP contribution >= 0.6 is 0 Å². The normalized spacial score (nSPS) is 31.7. The molecule has 0 aromatic carbocycles. The van der Waals surface area contributed by atoms with E-state index in [9.17, 15) is 4.79 Å². The second kappa shape index (κ2) is 7.47. The van der Waals surface area contributed by atoms with Gasteiger partial charge in [-0.25, -0.2) is 0 Å². The predicted octanol–water partition coefficient (Wildman–Crippen LogP) is 0.894. The van der Waals surface area contributed by atoms with Gasteiger partial charge in [0.05, 0.1) is 17.7 Å². The van der Waals surface area contributed by atoms with Crippen LogP contribution in [0.2, 0.25) is 0 Å². The zero-order valence-corrected chi connectivity index (χ0v) is 14.5. The van der Waals surface area contributed by atoms with Crippen molar-refractivity contribution in [2.75, 3.05) is 53.6 Å². The molecule has 3 heterocycles. The number of ether oxygens (including phenoxy) is 3. The first-order valence-corrected chi connectivity index (χ1v) is 8.86. The van der Waals surface area contributed by atoms with E-state index in [1.54, 1.807) is 14.2 Å². The minimum atomic E-state index is -0.190. The molecule has 3 aliphatic rings. The first-order chi connectivity index (χ1) is 11.2. The van der Waals surface area contributed by atoms with E-state index in [4.69, 9.17) is 14.2 Å². The molecule has 3 rings (SSSR count). The second-order valence-electron chi connectivity index (χ2n) is 7.07. The van der Waals surface area contributed by atoms with Gasteiger partial charge in [0.25, 0.3) is 0 Å². The first-order valence-electron chi connectivity index (χ1n) is 8.86. The van der Waals surface area contributed by atoms with Crippen molar-refractivity contribution >= 4 is 5.91 Å². The number of hydrogen-bond donors (Lipinski definition) is 0. The number of hydrogen-bond acceptors (Lipinski definition) is 5. The molecular weight excluding hydrogens is 296 g/mol. The molecule has 0 aromatic rings. The minimum absolute atomic E-state index is 0.0621. The maximum Gasteiger partial charge on any atom is 0.240 e. The van der Waals surface area contributed by atoms with Gasteiger partial charge in [-0.15, -0.1) is 0 Å². The Morgan fingerprint density at radius 3 is 2.52 bits per heavy atom. The molecule has 0 aliphatic carbocycles. The summed E-state index contributed by atoms with van der Waals surface area (Å²) in [6.07, 6.45) is 4.98. The molecule has 3 saturated heterocycles. The summed E-state index contributed by atoms with van der Waals surface area (Å²) >= 11 is 0. The van der Waals surface area contributed by atoms with Gasteiger partial charge in [-0.1, -0.05) is 0 Å². The average molecular weight is 326 g/mol. The molecule has 6 nitrogen and oxygen atoms in total. The van der Waals surface area contributed by atoms with Crippen molar-refractivity contribution in [1.82, 2.24) is 9.80 Å². The highest BCUT2D eigenvalue weighted by Gasteiger charge is 2.44. The van der Waals surface area contributed by atoms with E-state index in [0.717, 1.165) is 71.5 Å². The molecule has 2 atom stereocenters. The molecule has 1 amide bonds. The van der Waals surface area contributed by atoms with Crippen LogP contribution in [-0.4, -0.2) is 87.1 Å². The summed E-state index contributed by atoms with van der Waals surface area (Å²) in [7, 11) is 3.53. The predicted molar refractivity (Wildman–Crippen MR) is 86.4 cm³/mol. The molecule has 0 aromatic heterocycles. The topological polar surface area (TPSA) is 51.2 Å². The summed E-state index contributed by atoms with van der Waals surface area (Å²) < 4.78 is 16.9. The molecule has 0 spiro atoms. The summed E-state index contributed by atoms with van der Waals surface area (Å²) in [5.74, 6) is 0.278. The van der Waals surface area contributed by atoms with Crippen LogP contribution in [0.1, 0.15) is 32.1 Å². The van der Waals surface area contributed by atoms with Crippen LogP contribution in [0, 0.1) is 0 Å². The largest absolute Gasteiger partial charge is 0.381 e. The summed E-state index contributed by atoms with van der Waals surface area (Å²) in [4.78, 5) is 17.2. The minimum Gasteiger partial charge on any atom is -0.381 e. The average Bonchev–Trinajstić information content (AvgIpc) is 3.25. The van der Waals surface area contributed by atoms with Gasteiger partial charge < -0.3 is 19.1 Å². The number of rotatable bonds is 5. The van der Waals surface area contributed by atoms with Crippen LogP contribution in [-0.2, 0) is 19.0 Å². The summed E-state index contributed by atoms with van der Waals surface area (Å²) in [5.41, 5.74) is -0.190. The third-order valence-electron chi connectivity index (χ3n) is 5.73. The molecule has 0 bridgehead atoms. The Bertz CT molecular complexity index is 405. The van der Waals surface area contributed by atoms with Crippen molar-refractivity contribution in [3.63, 3.8) is 0 Å². The number of nitrogens with zero attached hydrogens (tertiary/aromatic N) is 2. The van der Waals surface area contributed by atoms with Crippen LogP contribution in [0.4, 0.5) is 0 Å². The van der Waals surface area contributed by atoms with Gasteiger partial charge in [-0.3, -0.25) is 9.69 Å². The number of amides is 1. The molecule has 0 radical (unpaired) electrons. The third-order valence-corrected chi connectivity index (χ3v) is 5.73. The van der Waals surface area contributed by atoms with Crippen molar-refractivity contribution < 1.29 is 19.0 Å². The van der Waals surface area contributed by atoms with E-state index in [-0.39, 0.29) is 23.7 Å². The number of methoxy groups -OCH3 is 2. The van der Waals surface area contributed by atoms with Gasteiger partial charge in [0.15, 0.2) is 0 Å². The Labute approximate surface area is 139 Å². The van der Waals surface area contributed by atoms with E-state index in [0.29, 0.717) is 0 Å². The lowest BCUT2D eigenvalue weighted by Crippen LogP contribution is -2.53. The Balaban J connectivity index is 1.70. The van der Waals surface area contributed by atoms with E-state index < -0.39 is 0 Å². The fourth-order valence-electron chi connectivity index (χ4n) is 4.15. The molecule has 3 fully saturated rings. The van der Waals surface area contributed by atoms with Gasteiger partial charge in [0.2, 0.25) is 5.91 Å². The van der Waals surface area contributed by atoms with Crippen molar-refractivity contribution in [2.24, 2.45) is 0 Å². The first kappa shape index (κ1) is 17.1. The van der Waals surface area contributed by atoms with Gasteiger partial charge in [0.1, 0.15) is 0 Å². The summed E-state index contributed by atoms with van der Waals surface area (Å²) in [5, 5.41) is 0. The number of carbonyl (C=O) groups excluding carboxylic acids is 1. The Morgan fingerprint density at radius 1 is 1.22 bits per heavy atom. The van der Waals surface area contributed by atoms with Crippen LogP contribution in [0.15, 0.2) is 0 Å². The number of carbonyl (C=O) groups is 1. The zero-order chi connectivity index (χ0) is 16.3. The fraction of sp³-hybridized carbons (Fsp3) is 0.941. The van der Waals surface area contributed by atoms with Gasteiger partial charge in [0, 0.05) is 66.5 Å². The summed E-state index contributed by atoms with van der Waals surface area (Å²) in [6.45, 7) is 4.89. The quantitative estimate of drug-likeness (QED) is 0.751. The Kier molecular flexibility index (Phi) is 5.57. The lowest BCUT2D eigenvalue weighted by molar-refractivity contribution is -0.138. The monoisotopic (exact) mass is 326 g/mol. The molecule has 0 unspecified atom stereocenters. The fourth-order valence-corrected chi connectivity index (χ4v) is 4.15. The maximum absolute atomic E-state index is 12.9. The van der Waals surface area contributed by atoms with Gasteiger partial charge in [-0.05, 0) is 19.3 Å². The molecule has 0 N–H and O–H groups in total. The molecule has 23 heavy (non-hydrogen) atoms. The van der Waals surface area contributed by atoms with E-state index in [1.165, 1.54) is 0 Å². The molecular formula is C17H30N2O4. The lowest BCUT2D eigenvalue weighted by Gasteiger charge is -2.40. The van der Waals surface area contributed by atoms with Gasteiger partial charge in [-0.2, -0.15) is 0 Å². The van der Waals surface area contributed by atoms with Gasteiger partial charge >= 0.3 is 0 Å². The number of likely N-dealkylation sites (tertiary alicyclic amines) is 2. The maximum atomic E-state index is 12.9. The third kappa shape index (κ3) is 3.71. The van der Waals surface area contributed by atoms with Crippen molar-refractivity contribution in [1.29, 1.82) is 0 Å². The Hall–Kier alpha value is -0.690. The van der Waals surface area contributed by atoms with E-state index in [1.807, 2.05) is 4.90 Å². The Morgan fingerprint density at radius 2 is 1.91 bits per heavy atom. The van der Waals surface area contributed by atoms with E-state index >= 15 is 0 Å². The SMILES string of the molecule is CO[C@H]1C[C@@H](C(=O)N2CCCC2)N(CC2(OC)CCOCC2)C1. The van der Waals surface area contributed by atoms with E-state index in [2.05, 4.69) is 4.90 Å². The van der Waals surface area contributed by atoms with Crippen LogP contribution in [0.3, 0.4) is 0 Å². The van der Waals surface area contributed by atoms with Crippen LogP contribution in [0.5, 0.6) is 0 Å². The van der Waals surface area contributed by atoms with Crippen molar-refractivity contribution in [3.8, 4) is 0 Å². The smallest absolute Gasteiger partial charge is 0.240 e. The molecule has 3 aliphatic heterocycles. The van der Waals surface area contributed by atoms with Crippen LogP contribution in [0.25, 0.3) is 0 Å². The van der Waals surface area contributed by atoms with Crippen molar-refractivity contribution in [3.05, 3.63) is 0 Å². The van der Waals surface area contributed by atoms with Crippen molar-refractivity contribution in [2.45, 2.75) is 49.9 Å². The standard InChI is InChI=1S/C17H30N2O4/c1-21-14-11-15(16(20)18-7-3-4-8-18)19(12-14)13-17(22-2)5-9-23-10-6-17/h14-15H,3-13H2,1-2H3/t14-,15-/m0/s1. The lowest BCUT2D eigenvalue weighted by atomic mass is 9.93. The molecule has 132 valence electrons. The highest BCUT2D eigenvalue weighted by Crippen LogP contribution is 2.31. The second-order valence-corrected chi connectivity index (χ2v) is 7.07. The summed E-state index contributed by atoms with van der Waals surface area (Å²) in [6, 6.07) is -0.0621. The molecule has 0 saturated carbocycles. The molecule has 6 heteroatoms. The van der Waals surface area contributed by atoms with Crippen LogP contribution < -0.4 is 0 Å². The highest BCUT2D eigenvalue weighted by atomic mass is 16.5. The highest BCUT2D eigenvalue weighted by molar-refractivity contribution is 5.82.